The standard InChI is InChI=1S/C14H24ClN3O/c1-4-16-13-6-5-11(10(13)2)14-12(15)9-17-18(14)7-8-19-3/h9-11,13,16H,4-8H2,1-3H3. The summed E-state index contributed by atoms with van der Waals surface area (Å²) in [6.07, 6.45) is 4.16. The molecule has 19 heavy (non-hydrogen) atoms. The number of nitrogens with zero attached hydrogens (tertiary/aromatic N) is 2. The van der Waals surface area contributed by atoms with Gasteiger partial charge in [-0.1, -0.05) is 25.4 Å². The largest absolute Gasteiger partial charge is 0.383 e. The summed E-state index contributed by atoms with van der Waals surface area (Å²) in [7, 11) is 1.71. The van der Waals surface area contributed by atoms with Crippen LogP contribution in [-0.2, 0) is 11.3 Å². The monoisotopic (exact) mass is 285 g/mol. The van der Waals surface area contributed by atoms with Crippen LogP contribution < -0.4 is 5.32 Å². The van der Waals surface area contributed by atoms with Gasteiger partial charge in [-0.2, -0.15) is 5.10 Å². The lowest BCUT2D eigenvalue weighted by atomic mass is 9.92. The fourth-order valence-electron chi connectivity index (χ4n) is 3.20. The second-order valence-electron chi connectivity index (χ2n) is 5.30. The average molecular weight is 286 g/mol. The van der Waals surface area contributed by atoms with E-state index in [1.54, 1.807) is 13.3 Å². The number of rotatable bonds is 6. The van der Waals surface area contributed by atoms with Gasteiger partial charge in [0.15, 0.2) is 0 Å². The van der Waals surface area contributed by atoms with Crippen molar-refractivity contribution >= 4 is 11.6 Å². The first kappa shape index (κ1) is 14.8. The van der Waals surface area contributed by atoms with E-state index in [-0.39, 0.29) is 0 Å². The van der Waals surface area contributed by atoms with Gasteiger partial charge in [-0.3, -0.25) is 4.68 Å². The molecular weight excluding hydrogens is 262 g/mol. The predicted molar refractivity (Wildman–Crippen MR) is 77.7 cm³/mol. The molecule has 108 valence electrons. The summed E-state index contributed by atoms with van der Waals surface area (Å²) in [6, 6.07) is 0.594. The Kier molecular flexibility index (Phi) is 5.25. The Hall–Kier alpha value is -0.580. The third kappa shape index (κ3) is 3.12. The van der Waals surface area contributed by atoms with E-state index in [9.17, 15) is 0 Å². The van der Waals surface area contributed by atoms with Gasteiger partial charge in [0.25, 0.3) is 0 Å². The highest BCUT2D eigenvalue weighted by Crippen LogP contribution is 2.42. The average Bonchev–Trinajstić information content (AvgIpc) is 2.92. The molecule has 1 N–H and O–H groups in total. The number of aromatic nitrogens is 2. The van der Waals surface area contributed by atoms with Gasteiger partial charge in [-0.05, 0) is 25.3 Å². The molecule has 1 aliphatic rings. The molecule has 3 atom stereocenters. The lowest BCUT2D eigenvalue weighted by Crippen LogP contribution is -2.32. The normalized spacial score (nSPS) is 27.1. The van der Waals surface area contributed by atoms with Crippen molar-refractivity contribution in [2.45, 2.75) is 45.2 Å². The minimum atomic E-state index is 0.496. The Morgan fingerprint density at radius 3 is 3.00 bits per heavy atom. The number of nitrogens with one attached hydrogen (secondary N) is 1. The molecule has 0 radical (unpaired) electrons. The molecule has 1 aliphatic carbocycles. The topological polar surface area (TPSA) is 39.1 Å². The van der Waals surface area contributed by atoms with Crippen molar-refractivity contribution in [2.75, 3.05) is 20.3 Å². The van der Waals surface area contributed by atoms with E-state index in [1.165, 1.54) is 18.5 Å². The van der Waals surface area contributed by atoms with Gasteiger partial charge >= 0.3 is 0 Å². The maximum absolute atomic E-state index is 6.35. The highest BCUT2D eigenvalue weighted by Gasteiger charge is 2.36. The lowest BCUT2D eigenvalue weighted by Gasteiger charge is -2.22. The molecule has 3 unspecified atom stereocenters. The van der Waals surface area contributed by atoms with E-state index < -0.39 is 0 Å². The molecule has 0 saturated heterocycles. The van der Waals surface area contributed by atoms with Crippen LogP contribution >= 0.6 is 11.6 Å². The maximum Gasteiger partial charge on any atom is 0.0820 e. The van der Waals surface area contributed by atoms with Crippen molar-refractivity contribution < 1.29 is 4.74 Å². The van der Waals surface area contributed by atoms with Crippen LogP contribution in [0.25, 0.3) is 0 Å². The molecule has 1 saturated carbocycles. The minimum Gasteiger partial charge on any atom is -0.383 e. The smallest absolute Gasteiger partial charge is 0.0820 e. The second-order valence-corrected chi connectivity index (χ2v) is 5.71. The van der Waals surface area contributed by atoms with Gasteiger partial charge in [0, 0.05) is 19.1 Å². The van der Waals surface area contributed by atoms with Crippen molar-refractivity contribution in [2.24, 2.45) is 5.92 Å². The zero-order valence-corrected chi connectivity index (χ0v) is 12.8. The summed E-state index contributed by atoms with van der Waals surface area (Å²) < 4.78 is 7.16. The fourth-order valence-corrected chi connectivity index (χ4v) is 3.48. The van der Waals surface area contributed by atoms with E-state index in [1.807, 2.05) is 4.68 Å². The molecule has 1 aromatic rings. The SMILES string of the molecule is CCNC1CCC(c2c(Cl)cnn2CCOC)C1C. The van der Waals surface area contributed by atoms with E-state index in [0.29, 0.717) is 24.5 Å². The molecule has 0 aliphatic heterocycles. The van der Waals surface area contributed by atoms with Crippen molar-refractivity contribution in [1.29, 1.82) is 0 Å². The van der Waals surface area contributed by atoms with Gasteiger partial charge in [-0.15, -0.1) is 0 Å². The fraction of sp³-hybridized carbons (Fsp3) is 0.786. The van der Waals surface area contributed by atoms with Crippen LogP contribution in [0.4, 0.5) is 0 Å². The van der Waals surface area contributed by atoms with E-state index >= 15 is 0 Å². The molecule has 5 heteroatoms. The molecule has 0 bridgehead atoms. The second kappa shape index (κ2) is 6.73. The van der Waals surface area contributed by atoms with Crippen LogP contribution in [0.2, 0.25) is 5.02 Å². The zero-order valence-electron chi connectivity index (χ0n) is 12.0. The Balaban J connectivity index is 2.15. The Morgan fingerprint density at radius 2 is 2.32 bits per heavy atom. The van der Waals surface area contributed by atoms with Crippen molar-refractivity contribution in [3.8, 4) is 0 Å². The number of ether oxygens (including phenoxy) is 1. The van der Waals surface area contributed by atoms with Crippen LogP contribution in [-0.4, -0.2) is 36.1 Å². The van der Waals surface area contributed by atoms with Gasteiger partial charge in [-0.25, -0.2) is 0 Å². The molecule has 0 amide bonds. The zero-order chi connectivity index (χ0) is 13.8. The Labute approximate surface area is 120 Å². The van der Waals surface area contributed by atoms with Crippen LogP contribution in [0.15, 0.2) is 6.20 Å². The summed E-state index contributed by atoms with van der Waals surface area (Å²) in [4.78, 5) is 0. The molecular formula is C14H24ClN3O. The van der Waals surface area contributed by atoms with E-state index in [0.717, 1.165) is 18.1 Å². The highest BCUT2D eigenvalue weighted by atomic mass is 35.5. The Bertz CT molecular complexity index is 407. The predicted octanol–water partition coefficient (Wildman–Crippen LogP) is 2.67. The third-order valence-electron chi connectivity index (χ3n) is 4.22. The molecule has 4 nitrogen and oxygen atoms in total. The number of halogens is 1. The van der Waals surface area contributed by atoms with Gasteiger partial charge < -0.3 is 10.1 Å². The third-order valence-corrected chi connectivity index (χ3v) is 4.51. The molecule has 1 fully saturated rings. The first-order valence-electron chi connectivity index (χ1n) is 7.12. The van der Waals surface area contributed by atoms with Crippen LogP contribution in [0.1, 0.15) is 38.3 Å². The first-order valence-corrected chi connectivity index (χ1v) is 7.50. The van der Waals surface area contributed by atoms with Crippen LogP contribution in [0.5, 0.6) is 0 Å². The van der Waals surface area contributed by atoms with Crippen molar-refractivity contribution in [3.63, 3.8) is 0 Å². The van der Waals surface area contributed by atoms with E-state index in [2.05, 4.69) is 24.3 Å². The molecule has 0 aromatic carbocycles. The Morgan fingerprint density at radius 1 is 1.53 bits per heavy atom. The maximum atomic E-state index is 6.35. The van der Waals surface area contributed by atoms with Crippen molar-refractivity contribution in [3.05, 3.63) is 16.9 Å². The number of hydrogen-bond donors (Lipinski definition) is 1. The van der Waals surface area contributed by atoms with Crippen LogP contribution in [0, 0.1) is 5.92 Å². The highest BCUT2D eigenvalue weighted by molar-refractivity contribution is 6.31. The molecule has 1 heterocycles. The summed E-state index contributed by atoms with van der Waals surface area (Å²) >= 11 is 6.35. The van der Waals surface area contributed by atoms with Gasteiger partial charge in [0.2, 0.25) is 0 Å². The summed E-state index contributed by atoms with van der Waals surface area (Å²) in [5.74, 6) is 1.09. The summed E-state index contributed by atoms with van der Waals surface area (Å²) in [6.45, 7) is 6.94. The minimum absolute atomic E-state index is 0.496. The lowest BCUT2D eigenvalue weighted by molar-refractivity contribution is 0.181. The van der Waals surface area contributed by atoms with E-state index in [4.69, 9.17) is 16.3 Å². The van der Waals surface area contributed by atoms with Gasteiger partial charge in [0.1, 0.15) is 0 Å². The first-order chi connectivity index (χ1) is 9.19. The quantitative estimate of drug-likeness (QED) is 0.873. The van der Waals surface area contributed by atoms with Crippen LogP contribution in [0.3, 0.4) is 0 Å². The summed E-state index contributed by atoms with van der Waals surface area (Å²) in [5, 5.41) is 8.75. The molecule has 2 rings (SSSR count). The molecule has 0 spiro atoms. The van der Waals surface area contributed by atoms with Gasteiger partial charge in [0.05, 0.1) is 30.1 Å². The van der Waals surface area contributed by atoms with Crippen molar-refractivity contribution in [1.82, 2.24) is 15.1 Å². The number of hydrogen-bond acceptors (Lipinski definition) is 3. The summed E-state index contributed by atoms with van der Waals surface area (Å²) in [5.41, 5.74) is 1.19. The number of methoxy groups -OCH3 is 1. The molecule has 1 aromatic heterocycles.